The van der Waals surface area contributed by atoms with Crippen molar-refractivity contribution in [3.05, 3.63) is 52.8 Å². The molecule has 0 bridgehead atoms. The van der Waals surface area contributed by atoms with E-state index in [-0.39, 0.29) is 17.5 Å². The minimum absolute atomic E-state index is 0.173. The zero-order chi connectivity index (χ0) is 20.2. The predicted molar refractivity (Wildman–Crippen MR) is 99.2 cm³/mol. The number of amidine groups is 1. The van der Waals surface area contributed by atoms with Crippen molar-refractivity contribution in [2.45, 2.75) is 30.4 Å². The third-order valence-corrected chi connectivity index (χ3v) is 6.64. The second-order valence-electron chi connectivity index (χ2n) is 7.87. The Morgan fingerprint density at radius 3 is 2.69 bits per heavy atom. The van der Waals surface area contributed by atoms with Gasteiger partial charge in [0.1, 0.15) is 16.9 Å². The molecule has 6 rings (SSSR count). The molecule has 1 aromatic heterocycles. The SMILES string of the molecule is NC1=N[C@](c2cc(-c3nc4ccc(Cl)cc4o3)ccc2F)(C(F)F)C23CC2(C3)O1. The molecule has 2 fully saturated rings. The largest absolute Gasteiger partial charge is 0.458 e. The molecule has 9 heteroatoms. The van der Waals surface area contributed by atoms with Gasteiger partial charge in [-0.1, -0.05) is 11.6 Å². The van der Waals surface area contributed by atoms with Gasteiger partial charge in [-0.15, -0.1) is 0 Å². The fourth-order valence-electron chi connectivity index (χ4n) is 4.79. The molecule has 2 saturated carbocycles. The number of hydrogen-bond acceptors (Lipinski definition) is 5. The second kappa shape index (κ2) is 5.05. The zero-order valence-corrected chi connectivity index (χ0v) is 15.5. The first-order valence-electron chi connectivity index (χ1n) is 8.99. The van der Waals surface area contributed by atoms with Crippen LogP contribution in [0.1, 0.15) is 18.4 Å². The number of aliphatic imine (C=N–C) groups is 1. The molecular weight excluding hydrogens is 407 g/mol. The number of ether oxygens (including phenoxy) is 1. The summed E-state index contributed by atoms with van der Waals surface area (Å²) in [6.45, 7) is 0. The highest BCUT2D eigenvalue weighted by Crippen LogP contribution is 2.89. The van der Waals surface area contributed by atoms with Gasteiger partial charge < -0.3 is 14.9 Å². The van der Waals surface area contributed by atoms with Crippen molar-refractivity contribution in [1.82, 2.24) is 4.98 Å². The molecular formula is C20H13ClF3N3O2. The number of benzene rings is 2. The van der Waals surface area contributed by atoms with Gasteiger partial charge in [-0.05, 0) is 30.3 Å². The van der Waals surface area contributed by atoms with Crippen LogP contribution in [0.5, 0.6) is 0 Å². The van der Waals surface area contributed by atoms with Gasteiger partial charge in [0.25, 0.3) is 12.4 Å². The van der Waals surface area contributed by atoms with Crippen LogP contribution in [0.3, 0.4) is 0 Å². The van der Waals surface area contributed by atoms with Crippen LogP contribution in [0.15, 0.2) is 45.8 Å². The molecule has 1 aliphatic heterocycles. The smallest absolute Gasteiger partial charge is 0.283 e. The van der Waals surface area contributed by atoms with Gasteiger partial charge in [0.15, 0.2) is 11.1 Å². The van der Waals surface area contributed by atoms with E-state index < -0.39 is 28.8 Å². The molecule has 2 N–H and O–H groups in total. The van der Waals surface area contributed by atoms with Gasteiger partial charge in [0, 0.05) is 35.1 Å². The Kier molecular flexibility index (Phi) is 2.99. The lowest BCUT2D eigenvalue weighted by Gasteiger charge is -2.34. The van der Waals surface area contributed by atoms with Gasteiger partial charge in [0.05, 0.1) is 5.41 Å². The monoisotopic (exact) mass is 419 g/mol. The van der Waals surface area contributed by atoms with Gasteiger partial charge in [-0.25, -0.2) is 23.1 Å². The average Bonchev–Trinajstić information content (AvgIpc) is 3.42. The molecule has 0 radical (unpaired) electrons. The molecule has 2 aromatic carbocycles. The zero-order valence-electron chi connectivity index (χ0n) is 14.8. The fourth-order valence-corrected chi connectivity index (χ4v) is 4.95. The van der Waals surface area contributed by atoms with Crippen LogP contribution in [0.4, 0.5) is 13.2 Å². The van der Waals surface area contributed by atoms with Crippen LogP contribution in [0.2, 0.25) is 5.02 Å². The predicted octanol–water partition coefficient (Wildman–Crippen LogP) is 4.63. The van der Waals surface area contributed by atoms with Crippen molar-refractivity contribution in [3.8, 4) is 11.5 Å². The first-order chi connectivity index (χ1) is 13.8. The molecule has 0 spiro atoms. The number of halogens is 4. The maximum atomic E-state index is 14.9. The summed E-state index contributed by atoms with van der Waals surface area (Å²) >= 11 is 5.97. The van der Waals surface area contributed by atoms with E-state index in [2.05, 4.69) is 9.98 Å². The summed E-state index contributed by atoms with van der Waals surface area (Å²) < 4.78 is 55.0. The maximum absolute atomic E-state index is 14.9. The number of nitrogens with two attached hydrogens (primary N) is 1. The highest BCUT2D eigenvalue weighted by atomic mass is 35.5. The summed E-state index contributed by atoms with van der Waals surface area (Å²) in [5.41, 5.74) is 3.07. The van der Waals surface area contributed by atoms with Crippen molar-refractivity contribution in [3.63, 3.8) is 0 Å². The van der Waals surface area contributed by atoms with E-state index in [9.17, 15) is 13.2 Å². The Morgan fingerprint density at radius 2 is 1.93 bits per heavy atom. The Hall–Kier alpha value is -2.74. The lowest BCUT2D eigenvalue weighted by atomic mass is 9.79. The number of oxazole rings is 1. The van der Waals surface area contributed by atoms with E-state index in [1.807, 2.05) is 0 Å². The summed E-state index contributed by atoms with van der Waals surface area (Å²) in [4.78, 5) is 8.34. The Bertz CT molecular complexity index is 1230. The van der Waals surface area contributed by atoms with Crippen LogP contribution < -0.4 is 5.73 Å². The third-order valence-electron chi connectivity index (χ3n) is 6.40. The van der Waals surface area contributed by atoms with Gasteiger partial charge in [0.2, 0.25) is 5.89 Å². The molecule has 148 valence electrons. The van der Waals surface area contributed by atoms with E-state index in [1.54, 1.807) is 18.2 Å². The number of alkyl halides is 2. The minimum Gasteiger partial charge on any atom is -0.458 e. The molecule has 1 atom stereocenters. The molecule has 29 heavy (non-hydrogen) atoms. The van der Waals surface area contributed by atoms with Crippen molar-refractivity contribution in [1.29, 1.82) is 0 Å². The molecule has 2 aliphatic carbocycles. The fraction of sp³-hybridized carbons (Fsp3) is 0.300. The second-order valence-corrected chi connectivity index (χ2v) is 8.31. The molecule has 3 aliphatic rings. The first-order valence-corrected chi connectivity index (χ1v) is 9.37. The van der Waals surface area contributed by atoms with E-state index in [0.29, 0.717) is 34.5 Å². The number of hydrogen-bond donors (Lipinski definition) is 1. The van der Waals surface area contributed by atoms with Crippen LogP contribution in [0, 0.1) is 11.2 Å². The lowest BCUT2D eigenvalue weighted by Crippen LogP contribution is -2.44. The molecule has 0 saturated heterocycles. The summed E-state index contributed by atoms with van der Waals surface area (Å²) in [5.74, 6) is -0.610. The van der Waals surface area contributed by atoms with E-state index in [1.165, 1.54) is 12.1 Å². The molecule has 3 aromatic rings. The van der Waals surface area contributed by atoms with Crippen LogP contribution in [-0.4, -0.2) is 23.0 Å². The minimum atomic E-state index is -2.96. The standard InChI is InChI=1S/C20H13ClF3N3O2/c21-10-2-4-13-14(6-10)28-15(26-13)9-1-3-12(22)11(5-9)20(16(23)24)18-7-19(18,8-18)29-17(25)27-20/h1-6,16H,7-8H2,(H2,25,27)/t18?,19?,20-/m1/s1. The third kappa shape index (κ3) is 1.97. The summed E-state index contributed by atoms with van der Waals surface area (Å²) in [6.07, 6.45) is -2.21. The lowest BCUT2D eigenvalue weighted by molar-refractivity contribution is 0.0120. The van der Waals surface area contributed by atoms with Crippen LogP contribution in [0.25, 0.3) is 22.6 Å². The number of nitrogens with zero attached hydrogens (tertiary/aromatic N) is 2. The van der Waals surface area contributed by atoms with Gasteiger partial charge >= 0.3 is 0 Å². The molecule has 5 nitrogen and oxygen atoms in total. The number of aromatic nitrogens is 1. The Labute approximate surface area is 167 Å². The van der Waals surface area contributed by atoms with E-state index >= 15 is 0 Å². The summed E-state index contributed by atoms with van der Waals surface area (Å²) in [5, 5.41) is 0.474. The molecule has 0 unspecified atom stereocenters. The van der Waals surface area contributed by atoms with Crippen molar-refractivity contribution < 1.29 is 22.3 Å². The maximum Gasteiger partial charge on any atom is 0.283 e. The van der Waals surface area contributed by atoms with Crippen molar-refractivity contribution in [2.75, 3.05) is 0 Å². The highest BCUT2D eigenvalue weighted by molar-refractivity contribution is 6.31. The first kappa shape index (κ1) is 17.1. The van der Waals surface area contributed by atoms with E-state index in [0.717, 1.165) is 6.07 Å². The summed E-state index contributed by atoms with van der Waals surface area (Å²) in [6, 6.07) is 8.49. The van der Waals surface area contributed by atoms with Gasteiger partial charge in [-0.2, -0.15) is 0 Å². The van der Waals surface area contributed by atoms with Crippen LogP contribution >= 0.6 is 11.6 Å². The summed E-state index contributed by atoms with van der Waals surface area (Å²) in [7, 11) is 0. The molecule has 2 heterocycles. The Balaban J connectivity index is 1.54. The normalized spacial score (nSPS) is 31.8. The van der Waals surface area contributed by atoms with Crippen molar-refractivity contribution >= 4 is 28.7 Å². The topological polar surface area (TPSA) is 73.6 Å². The molecule has 0 amide bonds. The Morgan fingerprint density at radius 1 is 1.14 bits per heavy atom. The average molecular weight is 420 g/mol. The van der Waals surface area contributed by atoms with Crippen LogP contribution in [-0.2, 0) is 10.3 Å². The van der Waals surface area contributed by atoms with Crippen molar-refractivity contribution in [2.24, 2.45) is 16.1 Å². The van der Waals surface area contributed by atoms with Gasteiger partial charge in [-0.3, -0.25) is 0 Å². The number of fused-ring (bicyclic) bond motifs is 1. The number of rotatable bonds is 3. The highest BCUT2D eigenvalue weighted by Gasteiger charge is 2.96. The quantitative estimate of drug-likeness (QED) is 0.672. The van der Waals surface area contributed by atoms with E-state index in [4.69, 9.17) is 26.5 Å².